The molecule has 108 valence electrons. The van der Waals surface area contributed by atoms with Crippen LogP contribution in [0.5, 0.6) is 11.5 Å². The summed E-state index contributed by atoms with van der Waals surface area (Å²) >= 11 is 0. The Bertz CT molecular complexity index is 455. The van der Waals surface area contributed by atoms with Crippen molar-refractivity contribution in [2.45, 2.75) is 19.6 Å². The van der Waals surface area contributed by atoms with Crippen molar-refractivity contribution in [3.8, 4) is 11.5 Å². The highest BCUT2D eigenvalue weighted by Crippen LogP contribution is 2.59. The topological polar surface area (TPSA) is 91.0 Å². The van der Waals surface area contributed by atoms with Crippen LogP contribution in [0.3, 0.4) is 0 Å². The van der Waals surface area contributed by atoms with E-state index in [1.165, 1.54) is 19.2 Å². The molecule has 3 N–H and O–H groups in total. The van der Waals surface area contributed by atoms with Gasteiger partial charge in [-0.15, -0.1) is 0 Å². The van der Waals surface area contributed by atoms with Gasteiger partial charge in [-0.05, 0) is 26.0 Å². The molecule has 0 fully saturated rings. The Balaban J connectivity index is 3.16. The molecule has 0 aliphatic rings. The number of aromatic hydroxyl groups is 1. The van der Waals surface area contributed by atoms with Gasteiger partial charge in [0.2, 0.25) is 0 Å². The number of benzene rings is 1. The van der Waals surface area contributed by atoms with Gasteiger partial charge in [0.25, 0.3) is 0 Å². The zero-order chi connectivity index (χ0) is 14.5. The van der Waals surface area contributed by atoms with Crippen molar-refractivity contribution in [1.82, 2.24) is 0 Å². The second-order valence-corrected chi connectivity index (χ2v) is 5.90. The van der Waals surface area contributed by atoms with Crippen LogP contribution in [-0.2, 0) is 13.6 Å². The van der Waals surface area contributed by atoms with Gasteiger partial charge in [-0.3, -0.25) is 4.57 Å². The second-order valence-electron chi connectivity index (χ2n) is 3.75. The average molecular weight is 289 g/mol. The summed E-state index contributed by atoms with van der Waals surface area (Å²) in [5.74, 6) is -0.592. The van der Waals surface area contributed by atoms with Gasteiger partial charge in [0.05, 0.1) is 20.3 Å². The van der Waals surface area contributed by atoms with Gasteiger partial charge in [-0.2, -0.15) is 0 Å². The molecule has 1 aromatic carbocycles. The summed E-state index contributed by atoms with van der Waals surface area (Å²) in [6, 6.07) is 4.39. The van der Waals surface area contributed by atoms with Crippen LogP contribution in [0.15, 0.2) is 18.2 Å². The first-order chi connectivity index (χ1) is 8.98. The number of nitrogens with two attached hydrogens (primary N) is 1. The van der Waals surface area contributed by atoms with E-state index in [9.17, 15) is 9.67 Å². The zero-order valence-electron chi connectivity index (χ0n) is 11.3. The molecule has 0 saturated heterocycles. The predicted molar refractivity (Wildman–Crippen MR) is 72.4 cm³/mol. The fourth-order valence-corrected chi connectivity index (χ4v) is 3.34. The van der Waals surface area contributed by atoms with E-state index in [-0.39, 0.29) is 19.0 Å². The lowest BCUT2D eigenvalue weighted by Gasteiger charge is -2.24. The van der Waals surface area contributed by atoms with E-state index in [0.29, 0.717) is 11.3 Å². The molecule has 1 atom stereocenters. The molecule has 0 radical (unpaired) electrons. The van der Waals surface area contributed by atoms with Crippen LogP contribution in [0.1, 0.15) is 25.2 Å². The maximum Gasteiger partial charge on any atom is 0.351 e. The Kier molecular flexibility index (Phi) is 5.82. The predicted octanol–water partition coefficient (Wildman–Crippen LogP) is 2.62. The number of hydrogen-bond acceptors (Lipinski definition) is 6. The Morgan fingerprint density at radius 1 is 1.32 bits per heavy atom. The summed E-state index contributed by atoms with van der Waals surface area (Å²) in [4.78, 5) is 0. The van der Waals surface area contributed by atoms with Crippen LogP contribution in [0.2, 0.25) is 0 Å². The normalized spacial score (nSPS) is 13.3. The number of phenols is 1. The fraction of sp³-hybridized carbons (Fsp3) is 0.500. The van der Waals surface area contributed by atoms with E-state index in [1.807, 2.05) is 0 Å². The first-order valence-electron chi connectivity index (χ1n) is 5.99. The highest BCUT2D eigenvalue weighted by Gasteiger charge is 2.35. The lowest BCUT2D eigenvalue weighted by molar-refractivity contribution is 0.212. The zero-order valence-corrected chi connectivity index (χ0v) is 12.2. The number of methoxy groups -OCH3 is 1. The number of phenolic OH excluding ortho intramolecular Hbond substituents is 1. The van der Waals surface area contributed by atoms with Crippen LogP contribution in [0.4, 0.5) is 0 Å². The van der Waals surface area contributed by atoms with E-state index in [4.69, 9.17) is 19.5 Å². The van der Waals surface area contributed by atoms with Crippen LogP contribution in [0, 0.1) is 0 Å². The molecule has 0 bridgehead atoms. The minimum absolute atomic E-state index is 0.0375. The summed E-state index contributed by atoms with van der Waals surface area (Å²) in [7, 11) is -2.03. The molecule has 6 nitrogen and oxygen atoms in total. The van der Waals surface area contributed by atoms with Gasteiger partial charge in [0, 0.05) is 11.6 Å². The van der Waals surface area contributed by atoms with Crippen LogP contribution in [0.25, 0.3) is 0 Å². The van der Waals surface area contributed by atoms with Crippen molar-refractivity contribution in [3.63, 3.8) is 0 Å². The molecular formula is C12H20NO5P. The molecule has 0 aliphatic carbocycles. The lowest BCUT2D eigenvalue weighted by Crippen LogP contribution is -2.15. The van der Waals surface area contributed by atoms with Crippen LogP contribution in [-0.4, -0.2) is 25.4 Å². The largest absolute Gasteiger partial charge is 0.508 e. The quantitative estimate of drug-likeness (QED) is 0.750. The summed E-state index contributed by atoms with van der Waals surface area (Å²) in [5, 5.41) is 9.41. The van der Waals surface area contributed by atoms with Crippen molar-refractivity contribution in [2.75, 3.05) is 20.3 Å². The van der Waals surface area contributed by atoms with Gasteiger partial charge in [0.15, 0.2) is 0 Å². The monoisotopic (exact) mass is 289 g/mol. The van der Waals surface area contributed by atoms with E-state index in [1.54, 1.807) is 19.9 Å². The highest BCUT2D eigenvalue weighted by atomic mass is 31.2. The maximum atomic E-state index is 12.6. The molecule has 1 rings (SSSR count). The first-order valence-corrected chi connectivity index (χ1v) is 7.61. The van der Waals surface area contributed by atoms with E-state index < -0.39 is 13.4 Å². The average Bonchev–Trinajstić information content (AvgIpc) is 2.38. The standard InChI is InChI=1S/C12H20NO5P/c1-4-17-19(15,18-5-2)12(13)10-7-6-9(14)8-11(10)16-3/h6-8,12,14H,4-5,13H2,1-3H3/t12-/m1/s1. The Labute approximate surface area is 113 Å². The first kappa shape index (κ1) is 16.0. The molecule has 0 aliphatic heterocycles. The number of rotatable bonds is 7. The molecule has 0 saturated carbocycles. The third-order valence-corrected chi connectivity index (χ3v) is 4.69. The summed E-state index contributed by atoms with van der Waals surface area (Å²) < 4.78 is 28.1. The van der Waals surface area contributed by atoms with Gasteiger partial charge in [0.1, 0.15) is 17.3 Å². The van der Waals surface area contributed by atoms with E-state index >= 15 is 0 Å². The molecular weight excluding hydrogens is 269 g/mol. The third-order valence-electron chi connectivity index (χ3n) is 2.49. The molecule has 7 heteroatoms. The van der Waals surface area contributed by atoms with Crippen molar-refractivity contribution in [3.05, 3.63) is 23.8 Å². The van der Waals surface area contributed by atoms with Crippen molar-refractivity contribution in [1.29, 1.82) is 0 Å². The molecule has 0 heterocycles. The van der Waals surface area contributed by atoms with Gasteiger partial charge >= 0.3 is 7.60 Å². The highest BCUT2D eigenvalue weighted by molar-refractivity contribution is 7.54. The summed E-state index contributed by atoms with van der Waals surface area (Å²) in [6.07, 6.45) is 0. The smallest absolute Gasteiger partial charge is 0.351 e. The minimum Gasteiger partial charge on any atom is -0.508 e. The third kappa shape index (κ3) is 3.70. The van der Waals surface area contributed by atoms with Crippen molar-refractivity contribution < 1.29 is 23.5 Å². The van der Waals surface area contributed by atoms with E-state index in [2.05, 4.69) is 0 Å². The van der Waals surface area contributed by atoms with Crippen molar-refractivity contribution in [2.24, 2.45) is 5.73 Å². The SMILES string of the molecule is CCOP(=O)(OCC)[C@@H](N)c1ccc(O)cc1OC. The molecule has 1 aromatic rings. The van der Waals surface area contributed by atoms with Gasteiger partial charge in [-0.1, -0.05) is 0 Å². The Morgan fingerprint density at radius 3 is 2.37 bits per heavy atom. The lowest BCUT2D eigenvalue weighted by atomic mass is 10.2. The Hall–Kier alpha value is -1.07. The molecule has 0 spiro atoms. The molecule has 19 heavy (non-hydrogen) atoms. The van der Waals surface area contributed by atoms with Crippen molar-refractivity contribution >= 4 is 7.60 Å². The second kappa shape index (κ2) is 6.91. The van der Waals surface area contributed by atoms with Gasteiger partial charge < -0.3 is 24.6 Å². The Morgan fingerprint density at radius 2 is 1.89 bits per heavy atom. The molecule has 0 aromatic heterocycles. The fourth-order valence-electron chi connectivity index (χ4n) is 1.67. The minimum atomic E-state index is -3.47. The maximum absolute atomic E-state index is 12.6. The summed E-state index contributed by atoms with van der Waals surface area (Å²) in [6.45, 7) is 3.88. The number of ether oxygens (including phenoxy) is 1. The van der Waals surface area contributed by atoms with Crippen LogP contribution < -0.4 is 10.5 Å². The van der Waals surface area contributed by atoms with Gasteiger partial charge in [-0.25, -0.2) is 0 Å². The van der Waals surface area contributed by atoms with E-state index in [0.717, 1.165) is 0 Å². The molecule has 0 unspecified atom stereocenters. The summed E-state index contributed by atoms with van der Waals surface area (Å²) in [5.41, 5.74) is 6.46. The molecule has 0 amide bonds. The van der Waals surface area contributed by atoms with Crippen LogP contribution >= 0.6 is 7.60 Å². The number of hydrogen-bond donors (Lipinski definition) is 2.